The second-order valence-electron chi connectivity index (χ2n) is 7.48. The number of carbonyl (C=O) groups excluding carboxylic acids is 1. The number of nitrogens with zero attached hydrogens (tertiary/aromatic N) is 2. The van der Waals surface area contributed by atoms with Crippen LogP contribution in [0.1, 0.15) is 30.7 Å². The average Bonchev–Trinajstić information content (AvgIpc) is 3.12. The maximum absolute atomic E-state index is 12.4. The molecule has 6 nitrogen and oxygen atoms in total. The smallest absolute Gasteiger partial charge is 0.228 e. The zero-order valence-corrected chi connectivity index (χ0v) is 14.8. The lowest BCUT2D eigenvalue weighted by molar-refractivity contribution is -0.204. The van der Waals surface area contributed by atoms with Gasteiger partial charge in [-0.3, -0.25) is 9.78 Å². The molecule has 1 spiro atoms. The van der Waals surface area contributed by atoms with Crippen LogP contribution in [0.3, 0.4) is 0 Å². The van der Waals surface area contributed by atoms with E-state index in [0.717, 1.165) is 30.7 Å². The first-order valence-corrected chi connectivity index (χ1v) is 9.18. The fourth-order valence-corrected chi connectivity index (χ4v) is 4.02. The van der Waals surface area contributed by atoms with Crippen molar-refractivity contribution >= 4 is 5.91 Å². The first-order valence-electron chi connectivity index (χ1n) is 9.18. The number of likely N-dealkylation sites (tertiary alicyclic amines) is 1. The minimum atomic E-state index is -0.210. The van der Waals surface area contributed by atoms with Gasteiger partial charge in [-0.05, 0) is 31.9 Å². The van der Waals surface area contributed by atoms with E-state index in [2.05, 4.69) is 4.98 Å². The van der Waals surface area contributed by atoms with Crippen molar-refractivity contribution in [3.63, 3.8) is 0 Å². The normalized spacial score (nSPS) is 28.1. The molecule has 0 unspecified atom stereocenters. The first kappa shape index (κ1) is 16.9. The van der Waals surface area contributed by atoms with Crippen molar-refractivity contribution in [3.8, 4) is 0 Å². The van der Waals surface area contributed by atoms with Gasteiger partial charge in [0, 0.05) is 25.3 Å². The molecule has 1 amide bonds. The highest BCUT2D eigenvalue weighted by Gasteiger charge is 2.50. The maximum Gasteiger partial charge on any atom is 0.228 e. The van der Waals surface area contributed by atoms with Crippen molar-refractivity contribution in [2.45, 2.75) is 44.5 Å². The Kier molecular flexibility index (Phi) is 4.75. The molecular weight excluding hydrogens is 320 g/mol. The molecule has 0 aromatic carbocycles. The minimum absolute atomic E-state index is 0.0420. The summed E-state index contributed by atoms with van der Waals surface area (Å²) in [6, 6.07) is 5.99. The molecular formula is C19H26N2O4. The van der Waals surface area contributed by atoms with Gasteiger partial charge in [0.2, 0.25) is 5.91 Å². The van der Waals surface area contributed by atoms with Crippen molar-refractivity contribution in [2.24, 2.45) is 5.92 Å². The lowest BCUT2D eigenvalue weighted by atomic mass is 9.84. The van der Waals surface area contributed by atoms with Crippen LogP contribution < -0.4 is 0 Å². The highest BCUT2D eigenvalue weighted by molar-refractivity contribution is 5.80. The molecule has 25 heavy (non-hydrogen) atoms. The number of aromatic nitrogens is 1. The van der Waals surface area contributed by atoms with E-state index in [1.54, 1.807) is 0 Å². The monoisotopic (exact) mass is 346 g/mol. The van der Waals surface area contributed by atoms with E-state index in [1.807, 2.05) is 30.0 Å². The summed E-state index contributed by atoms with van der Waals surface area (Å²) in [6.45, 7) is 5.86. The second kappa shape index (κ2) is 7.02. The second-order valence-corrected chi connectivity index (χ2v) is 7.48. The van der Waals surface area contributed by atoms with Gasteiger partial charge in [0.15, 0.2) is 0 Å². The Morgan fingerprint density at radius 1 is 1.36 bits per heavy atom. The Hall–Kier alpha value is -1.50. The van der Waals surface area contributed by atoms with Crippen LogP contribution in [0.15, 0.2) is 18.2 Å². The van der Waals surface area contributed by atoms with Crippen molar-refractivity contribution < 1.29 is 19.0 Å². The molecule has 3 saturated heterocycles. The molecule has 3 aliphatic heterocycles. The van der Waals surface area contributed by atoms with Crippen LogP contribution in [0, 0.1) is 12.8 Å². The Bertz CT molecular complexity index is 624. The highest BCUT2D eigenvalue weighted by atomic mass is 16.5. The summed E-state index contributed by atoms with van der Waals surface area (Å²) < 4.78 is 17.4. The van der Waals surface area contributed by atoms with Gasteiger partial charge >= 0.3 is 0 Å². The van der Waals surface area contributed by atoms with Gasteiger partial charge in [0.25, 0.3) is 0 Å². The van der Waals surface area contributed by atoms with E-state index < -0.39 is 0 Å². The van der Waals surface area contributed by atoms with Crippen molar-refractivity contribution in [1.29, 1.82) is 0 Å². The summed E-state index contributed by atoms with van der Waals surface area (Å²) in [6.07, 6.45) is 2.77. The molecule has 3 fully saturated rings. The Morgan fingerprint density at radius 2 is 2.24 bits per heavy atom. The number of rotatable bonds is 4. The van der Waals surface area contributed by atoms with Gasteiger partial charge in [-0.25, -0.2) is 0 Å². The quantitative estimate of drug-likeness (QED) is 0.830. The third-order valence-electron chi connectivity index (χ3n) is 5.41. The van der Waals surface area contributed by atoms with Gasteiger partial charge in [-0.1, -0.05) is 6.07 Å². The summed E-state index contributed by atoms with van der Waals surface area (Å²) in [5.41, 5.74) is 1.76. The zero-order chi connectivity index (χ0) is 17.3. The van der Waals surface area contributed by atoms with E-state index in [0.29, 0.717) is 39.5 Å². The number of hydrogen-bond acceptors (Lipinski definition) is 5. The molecule has 0 saturated carbocycles. The summed E-state index contributed by atoms with van der Waals surface area (Å²) in [5, 5.41) is 0. The van der Waals surface area contributed by atoms with E-state index in [1.165, 1.54) is 0 Å². The third kappa shape index (κ3) is 3.71. The molecule has 0 aliphatic carbocycles. The van der Waals surface area contributed by atoms with Crippen molar-refractivity contribution in [3.05, 3.63) is 29.6 Å². The van der Waals surface area contributed by atoms with E-state index in [9.17, 15) is 4.79 Å². The fraction of sp³-hybridized carbons (Fsp3) is 0.684. The number of carbonyl (C=O) groups is 1. The molecule has 2 atom stereocenters. The molecule has 6 heteroatoms. The summed E-state index contributed by atoms with van der Waals surface area (Å²) in [7, 11) is 0. The Balaban J connectivity index is 1.28. The molecule has 0 bridgehead atoms. The molecule has 4 heterocycles. The molecule has 3 aliphatic rings. The van der Waals surface area contributed by atoms with Gasteiger partial charge < -0.3 is 19.1 Å². The SMILES string of the molecule is Cc1cccc(CO[C@H]2CCOC3(C2)CN(C(=O)[C@@H]2CCOC2)C3)n1. The average molecular weight is 346 g/mol. The predicted molar refractivity (Wildman–Crippen MR) is 91.0 cm³/mol. The largest absolute Gasteiger partial charge is 0.381 e. The van der Waals surface area contributed by atoms with Crippen LogP contribution in [0.5, 0.6) is 0 Å². The number of amides is 1. The van der Waals surface area contributed by atoms with Crippen LogP contribution in [0.4, 0.5) is 0 Å². The first-order chi connectivity index (χ1) is 12.1. The molecule has 0 N–H and O–H groups in total. The molecule has 4 rings (SSSR count). The van der Waals surface area contributed by atoms with Gasteiger partial charge in [0.1, 0.15) is 5.60 Å². The van der Waals surface area contributed by atoms with Crippen LogP contribution in [0.2, 0.25) is 0 Å². The standard InChI is InChI=1S/C19H26N2O4/c1-14-3-2-4-16(20-14)11-24-17-6-8-25-19(9-17)12-21(13-19)18(22)15-5-7-23-10-15/h2-4,15,17H,5-13H2,1H3/t15-,17+/m1/s1. The number of pyridine rings is 1. The number of aryl methyl sites for hydroxylation is 1. The molecule has 1 aromatic rings. The Labute approximate surface area is 148 Å². The van der Waals surface area contributed by atoms with E-state index >= 15 is 0 Å². The summed E-state index contributed by atoms with van der Waals surface area (Å²) in [4.78, 5) is 18.8. The van der Waals surface area contributed by atoms with Crippen molar-refractivity contribution in [2.75, 3.05) is 32.9 Å². The minimum Gasteiger partial charge on any atom is -0.381 e. The van der Waals surface area contributed by atoms with Crippen molar-refractivity contribution in [1.82, 2.24) is 9.88 Å². The number of hydrogen-bond donors (Lipinski definition) is 0. The predicted octanol–water partition coefficient (Wildman–Crippen LogP) is 1.70. The molecule has 0 radical (unpaired) electrons. The van der Waals surface area contributed by atoms with E-state index in [4.69, 9.17) is 14.2 Å². The summed E-state index contributed by atoms with van der Waals surface area (Å²) >= 11 is 0. The van der Waals surface area contributed by atoms with E-state index in [-0.39, 0.29) is 23.5 Å². The van der Waals surface area contributed by atoms with Crippen LogP contribution in [-0.2, 0) is 25.6 Å². The van der Waals surface area contributed by atoms with Crippen LogP contribution in [-0.4, -0.2) is 60.4 Å². The lowest BCUT2D eigenvalue weighted by Gasteiger charge is -2.53. The van der Waals surface area contributed by atoms with Crippen LogP contribution >= 0.6 is 0 Å². The lowest BCUT2D eigenvalue weighted by Crippen LogP contribution is -2.68. The number of ether oxygens (including phenoxy) is 3. The maximum atomic E-state index is 12.4. The van der Waals surface area contributed by atoms with Crippen LogP contribution in [0.25, 0.3) is 0 Å². The zero-order valence-electron chi connectivity index (χ0n) is 14.8. The van der Waals surface area contributed by atoms with Gasteiger partial charge in [-0.15, -0.1) is 0 Å². The van der Waals surface area contributed by atoms with Gasteiger partial charge in [0.05, 0.1) is 44.0 Å². The Morgan fingerprint density at radius 3 is 3.00 bits per heavy atom. The molecule has 136 valence electrons. The summed E-state index contributed by atoms with van der Waals surface area (Å²) in [5.74, 6) is 0.263. The highest BCUT2D eigenvalue weighted by Crippen LogP contribution is 2.36. The van der Waals surface area contributed by atoms with Gasteiger partial charge in [-0.2, -0.15) is 0 Å². The topological polar surface area (TPSA) is 60.9 Å². The fourth-order valence-electron chi connectivity index (χ4n) is 4.02. The molecule has 1 aromatic heterocycles. The third-order valence-corrected chi connectivity index (χ3v) is 5.41.